The van der Waals surface area contributed by atoms with Crippen LogP contribution in [0.3, 0.4) is 0 Å². The fraction of sp³-hybridized carbons (Fsp3) is 0.600. The summed E-state index contributed by atoms with van der Waals surface area (Å²) in [7, 11) is -2.99. The number of carbonyl (C=O) groups is 1. The number of amidine groups is 1. The predicted octanol–water partition coefficient (Wildman–Crippen LogP) is 0.0818. The average Bonchev–Trinajstić information content (AvgIpc) is 3.19. The van der Waals surface area contributed by atoms with Gasteiger partial charge in [0.15, 0.2) is 15.0 Å². The summed E-state index contributed by atoms with van der Waals surface area (Å²) in [6.45, 7) is 4.17. The minimum absolute atomic E-state index is 0.0319. The van der Waals surface area contributed by atoms with Crippen molar-refractivity contribution in [1.82, 2.24) is 10.2 Å². The van der Waals surface area contributed by atoms with E-state index < -0.39 is 9.84 Å². The molecule has 0 bridgehead atoms. The lowest BCUT2D eigenvalue weighted by Crippen LogP contribution is -2.33. The van der Waals surface area contributed by atoms with E-state index in [0.717, 1.165) is 11.3 Å². The van der Waals surface area contributed by atoms with Crippen LogP contribution < -0.4 is 10.6 Å². The molecular weight excluding hydrogens is 440 g/mol. The Morgan fingerprint density at radius 3 is 2.65 bits per heavy atom. The first kappa shape index (κ1) is 24.0. The van der Waals surface area contributed by atoms with Gasteiger partial charge in [0.05, 0.1) is 30.8 Å². The summed E-state index contributed by atoms with van der Waals surface area (Å²) in [6, 6.07) is 5.22. The number of benzene rings is 1. The quantitative estimate of drug-likeness (QED) is 0.354. The standard InChI is InChI=1S/C20H30N4O5S2/c1-14-3-4-15(19(27)21-5-2-6-24(7-9-25)8-10-26)11-16(14)22-20-23-17-12-31(28,29)13-18(17)30-20/h3-4,11,17-18,25-26H,2,5-10,12-13H2,1H3,(H,21,27)(H,22,23). The number of thioether (sulfide) groups is 1. The maximum absolute atomic E-state index is 12.5. The number of fused-ring (bicyclic) bond motifs is 1. The summed E-state index contributed by atoms with van der Waals surface area (Å²) in [5.74, 6) is 0.0838. The second kappa shape index (κ2) is 10.8. The first-order valence-corrected chi connectivity index (χ1v) is 13.1. The molecule has 1 fully saturated rings. The number of hydrogen-bond donors (Lipinski definition) is 4. The predicted molar refractivity (Wildman–Crippen MR) is 124 cm³/mol. The van der Waals surface area contributed by atoms with Gasteiger partial charge in [-0.3, -0.25) is 14.7 Å². The molecule has 31 heavy (non-hydrogen) atoms. The van der Waals surface area contributed by atoms with Crippen molar-refractivity contribution in [3.8, 4) is 0 Å². The molecule has 1 amide bonds. The second-order valence-electron chi connectivity index (χ2n) is 7.79. The SMILES string of the molecule is Cc1ccc(C(=O)NCCCN(CCO)CCO)cc1NC1=NC2CS(=O)(=O)CC2S1. The molecule has 3 rings (SSSR count). The fourth-order valence-electron chi connectivity index (χ4n) is 3.65. The fourth-order valence-corrected chi connectivity index (χ4v) is 7.32. The van der Waals surface area contributed by atoms with Crippen molar-refractivity contribution in [3.63, 3.8) is 0 Å². The monoisotopic (exact) mass is 470 g/mol. The molecule has 2 aliphatic rings. The Balaban J connectivity index is 1.53. The Bertz CT molecular complexity index is 916. The lowest BCUT2D eigenvalue weighted by atomic mass is 10.1. The molecule has 2 heterocycles. The molecule has 1 saturated heterocycles. The summed E-state index contributed by atoms with van der Waals surface area (Å²) in [5, 5.41) is 24.9. The summed E-state index contributed by atoms with van der Waals surface area (Å²) >= 11 is 1.45. The normalized spacial score (nSPS) is 21.7. The zero-order valence-corrected chi connectivity index (χ0v) is 19.2. The zero-order valence-electron chi connectivity index (χ0n) is 17.6. The molecule has 0 aromatic heterocycles. The number of sulfone groups is 1. The van der Waals surface area contributed by atoms with Crippen molar-refractivity contribution in [2.75, 3.05) is 56.2 Å². The molecule has 1 aromatic carbocycles. The maximum Gasteiger partial charge on any atom is 0.251 e. The Morgan fingerprint density at radius 1 is 1.23 bits per heavy atom. The van der Waals surface area contributed by atoms with Gasteiger partial charge >= 0.3 is 0 Å². The Morgan fingerprint density at radius 2 is 1.97 bits per heavy atom. The van der Waals surface area contributed by atoms with E-state index in [-0.39, 0.29) is 41.9 Å². The van der Waals surface area contributed by atoms with E-state index in [1.54, 1.807) is 12.1 Å². The van der Waals surface area contributed by atoms with Gasteiger partial charge < -0.3 is 20.8 Å². The van der Waals surface area contributed by atoms with Crippen LogP contribution in [0, 0.1) is 6.92 Å². The molecule has 2 unspecified atom stereocenters. The topological polar surface area (TPSA) is 131 Å². The van der Waals surface area contributed by atoms with E-state index >= 15 is 0 Å². The molecule has 0 radical (unpaired) electrons. The van der Waals surface area contributed by atoms with Crippen molar-refractivity contribution in [2.45, 2.75) is 24.6 Å². The van der Waals surface area contributed by atoms with Crippen LogP contribution in [0.2, 0.25) is 0 Å². The molecule has 9 nitrogen and oxygen atoms in total. The van der Waals surface area contributed by atoms with Crippen LogP contribution in [0.4, 0.5) is 5.69 Å². The third-order valence-electron chi connectivity index (χ3n) is 5.33. The Labute approximate surface area is 187 Å². The number of aliphatic hydroxyl groups is 2. The molecule has 0 aliphatic carbocycles. The van der Waals surface area contributed by atoms with Gasteiger partial charge in [-0.15, -0.1) is 0 Å². The number of carbonyl (C=O) groups excluding carboxylic acids is 1. The van der Waals surface area contributed by atoms with Gasteiger partial charge in [-0.05, 0) is 37.6 Å². The van der Waals surface area contributed by atoms with Gasteiger partial charge in [0.2, 0.25) is 0 Å². The van der Waals surface area contributed by atoms with Crippen LogP contribution in [0.1, 0.15) is 22.3 Å². The van der Waals surface area contributed by atoms with Crippen LogP contribution in [0.5, 0.6) is 0 Å². The van der Waals surface area contributed by atoms with Crippen LogP contribution in [0.15, 0.2) is 23.2 Å². The third kappa shape index (κ3) is 6.66. The van der Waals surface area contributed by atoms with Crippen LogP contribution >= 0.6 is 11.8 Å². The van der Waals surface area contributed by atoms with Gasteiger partial charge in [0, 0.05) is 36.1 Å². The van der Waals surface area contributed by atoms with Crippen LogP contribution in [-0.4, -0.2) is 96.8 Å². The first-order chi connectivity index (χ1) is 14.8. The number of aliphatic hydroxyl groups excluding tert-OH is 2. The molecule has 4 N–H and O–H groups in total. The van der Waals surface area contributed by atoms with Crippen molar-refractivity contribution < 1.29 is 23.4 Å². The summed E-state index contributed by atoms with van der Waals surface area (Å²) in [5.41, 5.74) is 2.27. The highest BCUT2D eigenvalue weighted by molar-refractivity contribution is 8.15. The van der Waals surface area contributed by atoms with E-state index in [0.29, 0.717) is 43.3 Å². The molecule has 2 atom stereocenters. The van der Waals surface area contributed by atoms with E-state index in [1.807, 2.05) is 17.9 Å². The number of aryl methyl sites for hydroxylation is 1. The number of amides is 1. The lowest BCUT2D eigenvalue weighted by molar-refractivity contribution is 0.0949. The number of hydrogen-bond acceptors (Lipinski definition) is 9. The van der Waals surface area contributed by atoms with Crippen molar-refractivity contribution in [1.29, 1.82) is 0 Å². The number of aliphatic imine (C=N–C) groups is 1. The zero-order chi connectivity index (χ0) is 22.4. The van der Waals surface area contributed by atoms with E-state index in [1.165, 1.54) is 11.8 Å². The summed E-state index contributed by atoms with van der Waals surface area (Å²) in [6.07, 6.45) is 0.710. The summed E-state index contributed by atoms with van der Waals surface area (Å²) in [4.78, 5) is 19.0. The van der Waals surface area contributed by atoms with E-state index in [4.69, 9.17) is 10.2 Å². The van der Waals surface area contributed by atoms with E-state index in [2.05, 4.69) is 15.6 Å². The molecular formula is C20H30N4O5S2. The highest BCUT2D eigenvalue weighted by atomic mass is 32.2. The highest BCUT2D eigenvalue weighted by Gasteiger charge is 2.42. The number of rotatable bonds is 10. The summed E-state index contributed by atoms with van der Waals surface area (Å²) < 4.78 is 23.4. The van der Waals surface area contributed by atoms with E-state index in [9.17, 15) is 13.2 Å². The highest BCUT2D eigenvalue weighted by Crippen LogP contribution is 2.35. The van der Waals surface area contributed by atoms with Gasteiger partial charge in [-0.2, -0.15) is 0 Å². The Kier molecular flexibility index (Phi) is 8.34. The largest absolute Gasteiger partial charge is 0.395 e. The van der Waals surface area contributed by atoms with Crippen molar-refractivity contribution in [2.24, 2.45) is 4.99 Å². The Hall–Kier alpha value is -1.66. The molecule has 2 aliphatic heterocycles. The number of nitrogens with zero attached hydrogens (tertiary/aromatic N) is 2. The van der Waals surface area contributed by atoms with Crippen molar-refractivity contribution in [3.05, 3.63) is 29.3 Å². The average molecular weight is 471 g/mol. The van der Waals surface area contributed by atoms with Gasteiger partial charge in [-0.25, -0.2) is 8.42 Å². The lowest BCUT2D eigenvalue weighted by Gasteiger charge is -2.20. The minimum Gasteiger partial charge on any atom is -0.395 e. The smallest absolute Gasteiger partial charge is 0.251 e. The molecule has 0 spiro atoms. The van der Waals surface area contributed by atoms with Crippen molar-refractivity contribution >= 4 is 38.4 Å². The van der Waals surface area contributed by atoms with Gasteiger partial charge in [0.25, 0.3) is 5.91 Å². The molecule has 0 saturated carbocycles. The minimum atomic E-state index is -2.99. The second-order valence-corrected chi connectivity index (χ2v) is 11.2. The first-order valence-electron chi connectivity index (χ1n) is 10.4. The number of nitrogens with one attached hydrogen (secondary N) is 2. The molecule has 1 aromatic rings. The third-order valence-corrected chi connectivity index (χ3v) is 8.47. The number of anilines is 1. The molecule has 172 valence electrons. The van der Waals surface area contributed by atoms with Crippen LogP contribution in [-0.2, 0) is 9.84 Å². The van der Waals surface area contributed by atoms with Gasteiger partial charge in [-0.1, -0.05) is 17.8 Å². The van der Waals surface area contributed by atoms with Gasteiger partial charge in [0.1, 0.15) is 0 Å². The molecule has 11 heteroatoms. The van der Waals surface area contributed by atoms with Crippen LogP contribution in [0.25, 0.3) is 0 Å². The maximum atomic E-state index is 12.5.